The quantitative estimate of drug-likeness (QED) is 0.179. The van der Waals surface area contributed by atoms with Gasteiger partial charge in [0.15, 0.2) is 17.5 Å². The molecule has 1 aromatic heterocycles. The van der Waals surface area contributed by atoms with Gasteiger partial charge in [0, 0.05) is 22.1 Å². The highest BCUT2D eigenvalue weighted by Crippen LogP contribution is 2.49. The van der Waals surface area contributed by atoms with Crippen LogP contribution in [0, 0.1) is 0 Å². The molecule has 0 fully saturated rings. The van der Waals surface area contributed by atoms with Crippen LogP contribution in [-0.2, 0) is 5.41 Å². The first kappa shape index (κ1) is 30.6. The zero-order valence-electron chi connectivity index (χ0n) is 28.6. The number of rotatable bonds is 6. The number of aromatic nitrogens is 3. The van der Waals surface area contributed by atoms with Crippen molar-refractivity contribution >= 4 is 0 Å². The predicted molar refractivity (Wildman–Crippen MR) is 210 cm³/mol. The molecule has 0 amide bonds. The van der Waals surface area contributed by atoms with Crippen LogP contribution in [0.15, 0.2) is 176 Å². The maximum Gasteiger partial charge on any atom is 0.164 e. The summed E-state index contributed by atoms with van der Waals surface area (Å²) in [7, 11) is 0. The third kappa shape index (κ3) is 5.63. The second kappa shape index (κ2) is 12.5. The van der Waals surface area contributed by atoms with Crippen molar-refractivity contribution in [2.75, 3.05) is 0 Å². The van der Waals surface area contributed by atoms with E-state index in [1.165, 1.54) is 33.4 Å². The molecule has 3 heteroatoms. The van der Waals surface area contributed by atoms with E-state index in [9.17, 15) is 0 Å². The van der Waals surface area contributed by atoms with Crippen LogP contribution in [0.1, 0.15) is 25.0 Å². The first-order chi connectivity index (χ1) is 25.0. The Kier molecular flexibility index (Phi) is 7.48. The highest BCUT2D eigenvalue weighted by molar-refractivity contribution is 5.84. The van der Waals surface area contributed by atoms with E-state index in [0.717, 1.165) is 38.9 Å². The van der Waals surface area contributed by atoms with E-state index in [2.05, 4.69) is 178 Å². The molecule has 0 spiro atoms. The molecule has 0 radical (unpaired) electrons. The summed E-state index contributed by atoms with van der Waals surface area (Å²) in [4.78, 5) is 15.3. The van der Waals surface area contributed by atoms with Gasteiger partial charge in [-0.3, -0.25) is 0 Å². The molecule has 9 rings (SSSR count). The molecule has 8 aromatic rings. The van der Waals surface area contributed by atoms with E-state index in [4.69, 9.17) is 15.0 Å². The fourth-order valence-electron chi connectivity index (χ4n) is 7.40. The molecular formula is C48H35N3. The van der Waals surface area contributed by atoms with Crippen molar-refractivity contribution in [3.05, 3.63) is 187 Å². The number of nitrogens with zero attached hydrogens (tertiary/aromatic N) is 3. The molecule has 1 heterocycles. The first-order valence-corrected chi connectivity index (χ1v) is 17.4. The Morgan fingerprint density at radius 1 is 0.294 bits per heavy atom. The number of benzene rings is 7. The maximum atomic E-state index is 5.12. The SMILES string of the molecule is CC1(C)c2ccccc2-c2ccc(-c3cccc(-c4nc(-c5ccc(-c6ccccc6)cc5)nc(-c5cccc(-c6ccccc6)c5)n4)c3)cc21. The standard InChI is InChI=1S/C48H35N3/c1-48(2)43-22-10-9-21-41(43)42-28-27-38(31-44(42)48)37-18-12-20-40(30-37)47-50-45(35-25-23-34(24-26-35)32-13-5-3-6-14-32)49-46(51-47)39-19-11-17-36(29-39)33-15-7-4-8-16-33/h3-31H,1-2H3. The van der Waals surface area contributed by atoms with E-state index >= 15 is 0 Å². The Morgan fingerprint density at radius 3 is 1.31 bits per heavy atom. The van der Waals surface area contributed by atoms with Gasteiger partial charge in [0.25, 0.3) is 0 Å². The van der Waals surface area contributed by atoms with Crippen LogP contribution < -0.4 is 0 Å². The zero-order valence-corrected chi connectivity index (χ0v) is 28.6. The Balaban J connectivity index is 1.14. The average molecular weight is 654 g/mol. The van der Waals surface area contributed by atoms with Gasteiger partial charge in [0.05, 0.1) is 0 Å². The summed E-state index contributed by atoms with van der Waals surface area (Å²) in [5.41, 5.74) is 15.0. The molecule has 0 saturated carbocycles. The van der Waals surface area contributed by atoms with Gasteiger partial charge >= 0.3 is 0 Å². The van der Waals surface area contributed by atoms with Crippen molar-refractivity contribution in [1.82, 2.24) is 15.0 Å². The molecule has 51 heavy (non-hydrogen) atoms. The van der Waals surface area contributed by atoms with Gasteiger partial charge in [-0.15, -0.1) is 0 Å². The van der Waals surface area contributed by atoms with E-state index in [-0.39, 0.29) is 5.41 Å². The van der Waals surface area contributed by atoms with Crippen LogP contribution in [0.5, 0.6) is 0 Å². The monoisotopic (exact) mass is 653 g/mol. The molecule has 1 aliphatic carbocycles. The lowest BCUT2D eigenvalue weighted by Crippen LogP contribution is -2.14. The van der Waals surface area contributed by atoms with Crippen molar-refractivity contribution in [3.8, 4) is 78.7 Å². The van der Waals surface area contributed by atoms with Crippen molar-refractivity contribution < 1.29 is 0 Å². The van der Waals surface area contributed by atoms with Gasteiger partial charge in [-0.05, 0) is 73.8 Å². The van der Waals surface area contributed by atoms with Crippen LogP contribution in [0.2, 0.25) is 0 Å². The number of hydrogen-bond acceptors (Lipinski definition) is 3. The molecule has 0 saturated heterocycles. The summed E-state index contributed by atoms with van der Waals surface area (Å²) >= 11 is 0. The van der Waals surface area contributed by atoms with E-state index in [0.29, 0.717) is 17.5 Å². The molecule has 0 unspecified atom stereocenters. The molecule has 7 aromatic carbocycles. The lowest BCUT2D eigenvalue weighted by atomic mass is 9.81. The van der Waals surface area contributed by atoms with Gasteiger partial charge in [0.2, 0.25) is 0 Å². The van der Waals surface area contributed by atoms with Gasteiger partial charge in [0.1, 0.15) is 0 Å². The Morgan fingerprint density at radius 2 is 0.686 bits per heavy atom. The minimum atomic E-state index is -0.0676. The molecule has 0 atom stereocenters. The second-order valence-electron chi connectivity index (χ2n) is 13.7. The highest BCUT2D eigenvalue weighted by Gasteiger charge is 2.35. The summed E-state index contributed by atoms with van der Waals surface area (Å²) in [5.74, 6) is 1.92. The fraction of sp³-hybridized carbons (Fsp3) is 0.0625. The van der Waals surface area contributed by atoms with E-state index in [1.54, 1.807) is 0 Å². The Hall–Kier alpha value is -6.45. The largest absolute Gasteiger partial charge is 0.208 e. The Labute approximate surface area is 299 Å². The van der Waals surface area contributed by atoms with Crippen LogP contribution in [-0.4, -0.2) is 15.0 Å². The predicted octanol–water partition coefficient (Wildman–Crippen LogP) is 12.2. The van der Waals surface area contributed by atoms with E-state index in [1.807, 2.05) is 12.1 Å². The Bertz CT molecular complexity index is 2530. The molecule has 0 aliphatic heterocycles. The topological polar surface area (TPSA) is 38.7 Å². The third-order valence-corrected chi connectivity index (χ3v) is 10.2. The second-order valence-corrected chi connectivity index (χ2v) is 13.7. The summed E-state index contributed by atoms with van der Waals surface area (Å²) < 4.78 is 0. The third-order valence-electron chi connectivity index (χ3n) is 10.2. The van der Waals surface area contributed by atoms with Crippen molar-refractivity contribution in [1.29, 1.82) is 0 Å². The number of fused-ring (bicyclic) bond motifs is 3. The summed E-state index contributed by atoms with van der Waals surface area (Å²) in [5, 5.41) is 0. The molecular weight excluding hydrogens is 619 g/mol. The minimum Gasteiger partial charge on any atom is -0.208 e. The molecule has 3 nitrogen and oxygen atoms in total. The minimum absolute atomic E-state index is 0.0676. The maximum absolute atomic E-state index is 5.12. The normalized spacial score (nSPS) is 12.7. The summed E-state index contributed by atoms with van der Waals surface area (Å²) in [6.07, 6.45) is 0. The smallest absolute Gasteiger partial charge is 0.164 e. The van der Waals surface area contributed by atoms with Crippen LogP contribution in [0.25, 0.3) is 78.7 Å². The van der Waals surface area contributed by atoms with Gasteiger partial charge < -0.3 is 0 Å². The van der Waals surface area contributed by atoms with Gasteiger partial charge in [-0.25, -0.2) is 15.0 Å². The van der Waals surface area contributed by atoms with E-state index < -0.39 is 0 Å². The van der Waals surface area contributed by atoms with Crippen LogP contribution in [0.3, 0.4) is 0 Å². The summed E-state index contributed by atoms with van der Waals surface area (Å²) in [6.45, 7) is 4.65. The fourth-order valence-corrected chi connectivity index (χ4v) is 7.40. The van der Waals surface area contributed by atoms with Crippen LogP contribution in [0.4, 0.5) is 0 Å². The molecule has 1 aliphatic rings. The summed E-state index contributed by atoms with van der Waals surface area (Å²) in [6, 6.07) is 62.0. The average Bonchev–Trinajstić information content (AvgIpc) is 3.44. The van der Waals surface area contributed by atoms with Crippen molar-refractivity contribution in [3.63, 3.8) is 0 Å². The van der Waals surface area contributed by atoms with Crippen molar-refractivity contribution in [2.45, 2.75) is 19.3 Å². The highest BCUT2D eigenvalue weighted by atomic mass is 15.0. The first-order valence-electron chi connectivity index (χ1n) is 17.4. The van der Waals surface area contributed by atoms with Gasteiger partial charge in [-0.2, -0.15) is 0 Å². The lowest BCUT2D eigenvalue weighted by Gasteiger charge is -2.22. The lowest BCUT2D eigenvalue weighted by molar-refractivity contribution is 0.660. The molecule has 0 bridgehead atoms. The van der Waals surface area contributed by atoms with Gasteiger partial charge in [-0.1, -0.05) is 172 Å². The zero-order chi connectivity index (χ0) is 34.4. The van der Waals surface area contributed by atoms with Crippen molar-refractivity contribution in [2.24, 2.45) is 0 Å². The van der Waals surface area contributed by atoms with Crippen LogP contribution >= 0.6 is 0 Å². The molecule has 0 N–H and O–H groups in total. The molecule has 242 valence electrons. The number of hydrogen-bond donors (Lipinski definition) is 0.